The van der Waals surface area contributed by atoms with Crippen LogP contribution in [0, 0.1) is 5.92 Å². The largest absolute Gasteiger partial charge is 0.374 e. The van der Waals surface area contributed by atoms with Crippen LogP contribution in [0.2, 0.25) is 0 Å². The van der Waals surface area contributed by atoms with Crippen molar-refractivity contribution in [1.82, 2.24) is 9.88 Å². The normalized spacial score (nSPS) is 17.8. The zero-order chi connectivity index (χ0) is 21.6. The third-order valence-corrected chi connectivity index (χ3v) is 6.90. The molecule has 1 N–H and O–H groups in total. The molecule has 164 valence electrons. The Labute approximate surface area is 180 Å². The molecular formula is C22H32N4O3S. The second-order valence-corrected chi connectivity index (χ2v) is 9.77. The third-order valence-electron chi connectivity index (χ3n) is 5.01. The first kappa shape index (κ1) is 22.5. The topological polar surface area (TPSA) is 74.8 Å². The van der Waals surface area contributed by atoms with E-state index in [2.05, 4.69) is 29.0 Å². The second-order valence-electron chi connectivity index (χ2n) is 7.91. The minimum absolute atomic E-state index is 0.0939. The zero-order valence-electron chi connectivity index (χ0n) is 18.0. The van der Waals surface area contributed by atoms with Crippen LogP contribution >= 0.6 is 0 Å². The van der Waals surface area contributed by atoms with Crippen molar-refractivity contribution in [2.75, 3.05) is 49.0 Å². The first-order valence-electron chi connectivity index (χ1n) is 10.5. The summed E-state index contributed by atoms with van der Waals surface area (Å²) in [6, 6.07) is 12.4. The number of aromatic nitrogens is 1. The highest BCUT2D eigenvalue weighted by atomic mass is 32.2. The summed E-state index contributed by atoms with van der Waals surface area (Å²) in [6.07, 6.45) is 1.51. The maximum absolute atomic E-state index is 13.0. The van der Waals surface area contributed by atoms with Gasteiger partial charge in [-0.2, -0.15) is 0 Å². The molecule has 0 radical (unpaired) electrons. The molecule has 1 aromatic heterocycles. The second kappa shape index (κ2) is 10.2. The molecular weight excluding hydrogens is 400 g/mol. The molecule has 0 spiro atoms. The van der Waals surface area contributed by atoms with Gasteiger partial charge in [0.25, 0.3) is 10.0 Å². The summed E-state index contributed by atoms with van der Waals surface area (Å²) < 4.78 is 33.3. The van der Waals surface area contributed by atoms with Crippen LogP contribution in [-0.2, 0) is 14.8 Å². The van der Waals surface area contributed by atoms with Crippen LogP contribution in [0.15, 0.2) is 53.6 Å². The van der Waals surface area contributed by atoms with E-state index < -0.39 is 10.0 Å². The van der Waals surface area contributed by atoms with E-state index in [0.717, 1.165) is 26.2 Å². The van der Waals surface area contributed by atoms with Gasteiger partial charge in [0.05, 0.1) is 18.4 Å². The van der Waals surface area contributed by atoms with Crippen molar-refractivity contribution in [2.24, 2.45) is 5.92 Å². The number of hydrogen-bond acceptors (Lipinski definition) is 6. The van der Waals surface area contributed by atoms with Gasteiger partial charge in [-0.1, -0.05) is 32.0 Å². The number of nitrogens with one attached hydrogen (secondary N) is 1. The smallest absolute Gasteiger partial charge is 0.265 e. The molecule has 0 aliphatic carbocycles. The molecule has 3 rings (SSSR count). The number of benzene rings is 1. The van der Waals surface area contributed by atoms with Crippen LogP contribution in [0.4, 0.5) is 11.5 Å². The molecule has 8 heteroatoms. The van der Waals surface area contributed by atoms with Crippen molar-refractivity contribution in [3.63, 3.8) is 0 Å². The maximum Gasteiger partial charge on any atom is 0.265 e. The Morgan fingerprint density at radius 3 is 2.63 bits per heavy atom. The molecule has 1 fully saturated rings. The van der Waals surface area contributed by atoms with Crippen LogP contribution in [0.25, 0.3) is 0 Å². The number of hydrogen-bond donors (Lipinski definition) is 1. The highest BCUT2D eigenvalue weighted by Crippen LogP contribution is 2.23. The highest BCUT2D eigenvalue weighted by molar-refractivity contribution is 7.92. The summed E-state index contributed by atoms with van der Waals surface area (Å²) in [7, 11) is -3.66. The number of nitrogens with zero attached hydrogens (tertiary/aromatic N) is 3. The van der Waals surface area contributed by atoms with Gasteiger partial charge in [0.2, 0.25) is 0 Å². The van der Waals surface area contributed by atoms with Crippen molar-refractivity contribution < 1.29 is 13.2 Å². The predicted molar refractivity (Wildman–Crippen MR) is 120 cm³/mol. The Bertz CT molecular complexity index is 888. The highest BCUT2D eigenvalue weighted by Gasteiger charge is 2.24. The molecule has 7 nitrogen and oxygen atoms in total. The number of anilines is 2. The lowest BCUT2D eigenvalue weighted by atomic mass is 10.2. The number of para-hydroxylation sites is 1. The molecule has 1 unspecified atom stereocenters. The Morgan fingerprint density at radius 2 is 2.00 bits per heavy atom. The lowest BCUT2D eigenvalue weighted by Crippen LogP contribution is -2.46. The third kappa shape index (κ3) is 5.71. The molecule has 1 saturated heterocycles. The first-order valence-corrected chi connectivity index (χ1v) is 12.0. The van der Waals surface area contributed by atoms with Crippen molar-refractivity contribution in [3.8, 4) is 0 Å². The van der Waals surface area contributed by atoms with E-state index in [4.69, 9.17) is 4.74 Å². The van der Waals surface area contributed by atoms with Gasteiger partial charge in [-0.25, -0.2) is 13.4 Å². The van der Waals surface area contributed by atoms with Crippen LogP contribution in [0.5, 0.6) is 0 Å². The summed E-state index contributed by atoms with van der Waals surface area (Å²) >= 11 is 0. The fourth-order valence-electron chi connectivity index (χ4n) is 3.65. The van der Waals surface area contributed by atoms with Gasteiger partial charge in [0.1, 0.15) is 10.7 Å². The van der Waals surface area contributed by atoms with Crippen LogP contribution < -0.4 is 9.62 Å². The molecule has 0 bridgehead atoms. The first-order chi connectivity index (χ1) is 14.4. The Hall–Kier alpha value is -2.16. The van der Waals surface area contributed by atoms with Gasteiger partial charge < -0.3 is 10.1 Å². The predicted octanol–water partition coefficient (Wildman–Crippen LogP) is 3.07. The molecule has 1 aromatic carbocycles. The number of rotatable bonds is 9. The van der Waals surface area contributed by atoms with Crippen LogP contribution in [-0.4, -0.2) is 63.7 Å². The van der Waals surface area contributed by atoms with Gasteiger partial charge in [0.15, 0.2) is 0 Å². The van der Waals surface area contributed by atoms with Crippen LogP contribution in [0.1, 0.15) is 20.8 Å². The molecule has 2 aromatic rings. The van der Waals surface area contributed by atoms with Gasteiger partial charge in [-0.15, -0.1) is 0 Å². The Balaban J connectivity index is 1.62. The molecule has 2 heterocycles. The van der Waals surface area contributed by atoms with Crippen molar-refractivity contribution in [2.45, 2.75) is 31.8 Å². The van der Waals surface area contributed by atoms with E-state index in [0.29, 0.717) is 30.5 Å². The zero-order valence-corrected chi connectivity index (χ0v) is 18.8. The summed E-state index contributed by atoms with van der Waals surface area (Å²) in [5.41, 5.74) is 0.641. The van der Waals surface area contributed by atoms with Crippen molar-refractivity contribution >= 4 is 21.5 Å². The van der Waals surface area contributed by atoms with Gasteiger partial charge in [-0.05, 0) is 37.1 Å². The molecule has 1 atom stereocenters. The summed E-state index contributed by atoms with van der Waals surface area (Å²) in [6.45, 7) is 10.9. The maximum atomic E-state index is 13.0. The Morgan fingerprint density at radius 1 is 1.23 bits per heavy atom. The van der Waals surface area contributed by atoms with Gasteiger partial charge in [-0.3, -0.25) is 9.21 Å². The van der Waals surface area contributed by atoms with Crippen LogP contribution in [0.3, 0.4) is 0 Å². The van der Waals surface area contributed by atoms with E-state index in [1.807, 2.05) is 25.1 Å². The van der Waals surface area contributed by atoms with Gasteiger partial charge >= 0.3 is 0 Å². The van der Waals surface area contributed by atoms with E-state index in [9.17, 15) is 8.42 Å². The average molecular weight is 433 g/mol. The van der Waals surface area contributed by atoms with E-state index in [-0.39, 0.29) is 11.0 Å². The quantitative estimate of drug-likeness (QED) is 0.656. The number of morpholine rings is 1. The standard InChI is InChI=1S/C22H32N4O3S/c1-4-26(19-8-6-5-7-9-19)30(27,28)21-10-11-22(24-15-21)23-14-20-17-25(12-13-29-20)16-18(2)3/h5-11,15,18,20H,4,12-14,16-17H2,1-3H3,(H,23,24). The lowest BCUT2D eigenvalue weighted by Gasteiger charge is -2.34. The fraction of sp³-hybridized carbons (Fsp3) is 0.500. The number of pyridine rings is 1. The molecule has 0 amide bonds. The van der Waals surface area contributed by atoms with Crippen molar-refractivity contribution in [3.05, 3.63) is 48.7 Å². The average Bonchev–Trinajstić information content (AvgIpc) is 2.73. The SMILES string of the molecule is CCN(c1ccccc1)S(=O)(=O)c1ccc(NCC2CN(CC(C)C)CCO2)nc1. The fourth-order valence-corrected chi connectivity index (χ4v) is 5.07. The summed E-state index contributed by atoms with van der Waals surface area (Å²) in [4.78, 5) is 6.92. The molecule has 30 heavy (non-hydrogen) atoms. The minimum Gasteiger partial charge on any atom is -0.374 e. The Kier molecular flexibility index (Phi) is 7.69. The number of ether oxygens (including phenoxy) is 1. The van der Waals surface area contributed by atoms with E-state index in [1.54, 1.807) is 24.3 Å². The van der Waals surface area contributed by atoms with E-state index in [1.165, 1.54) is 10.5 Å². The molecule has 0 saturated carbocycles. The van der Waals surface area contributed by atoms with E-state index >= 15 is 0 Å². The van der Waals surface area contributed by atoms with Gasteiger partial charge in [0, 0.05) is 38.9 Å². The lowest BCUT2D eigenvalue weighted by molar-refractivity contribution is -0.0244. The monoisotopic (exact) mass is 432 g/mol. The molecule has 1 aliphatic heterocycles. The number of sulfonamides is 1. The van der Waals surface area contributed by atoms with Crippen molar-refractivity contribution in [1.29, 1.82) is 0 Å². The minimum atomic E-state index is -3.66. The summed E-state index contributed by atoms with van der Waals surface area (Å²) in [5, 5.41) is 3.27. The molecule has 1 aliphatic rings. The summed E-state index contributed by atoms with van der Waals surface area (Å²) in [5.74, 6) is 1.27.